The number of carboxylic acid groups (broad SMARTS) is 1. The van der Waals surface area contributed by atoms with E-state index in [9.17, 15) is 19.8 Å². The molecule has 2 N–H and O–H groups in total. The second-order valence-corrected chi connectivity index (χ2v) is 8.43. The summed E-state index contributed by atoms with van der Waals surface area (Å²) in [6.45, 7) is 2.49. The molecule has 0 radical (unpaired) electrons. The van der Waals surface area contributed by atoms with Gasteiger partial charge in [0.15, 0.2) is 0 Å². The zero-order valence-electron chi connectivity index (χ0n) is 17.4. The van der Waals surface area contributed by atoms with Crippen molar-refractivity contribution in [3.05, 3.63) is 65.2 Å². The monoisotopic (exact) mass is 425 g/mol. The van der Waals surface area contributed by atoms with Gasteiger partial charge in [0.1, 0.15) is 11.9 Å². The van der Waals surface area contributed by atoms with E-state index in [1.807, 2.05) is 6.07 Å². The highest BCUT2D eigenvalue weighted by Gasteiger charge is 2.42. The molecule has 1 aliphatic heterocycles. The lowest BCUT2D eigenvalue weighted by Gasteiger charge is -2.35. The van der Waals surface area contributed by atoms with Gasteiger partial charge in [0.05, 0.1) is 24.3 Å². The minimum absolute atomic E-state index is 0.291. The van der Waals surface area contributed by atoms with E-state index in [-0.39, 0.29) is 6.10 Å². The number of aromatic carboxylic acids is 1. The zero-order valence-corrected chi connectivity index (χ0v) is 17.4. The molecule has 2 aromatic rings. The van der Waals surface area contributed by atoms with Gasteiger partial charge < -0.3 is 19.7 Å². The molecule has 0 amide bonds. The van der Waals surface area contributed by atoms with E-state index in [4.69, 9.17) is 9.47 Å². The van der Waals surface area contributed by atoms with Crippen LogP contribution in [0.4, 0.5) is 0 Å². The fourth-order valence-electron chi connectivity index (χ4n) is 4.77. The maximum absolute atomic E-state index is 11.6. The topological polar surface area (TPSA) is 96.3 Å². The Morgan fingerprint density at radius 1 is 1.03 bits per heavy atom. The van der Waals surface area contributed by atoms with Crippen LogP contribution in [0.2, 0.25) is 0 Å². The summed E-state index contributed by atoms with van der Waals surface area (Å²) < 4.78 is 10.8. The number of esters is 1. The summed E-state index contributed by atoms with van der Waals surface area (Å²) in [4.78, 5) is 25.1. The van der Waals surface area contributed by atoms with E-state index in [1.54, 1.807) is 42.5 Å². The largest absolute Gasteiger partial charge is 0.488 e. The maximum Gasteiger partial charge on any atom is 0.337 e. The smallest absolute Gasteiger partial charge is 0.337 e. The Kier molecular flexibility index (Phi) is 6.25. The number of carbonyl (C=O) groups is 2. The number of carboxylic acids is 1. The van der Waals surface area contributed by atoms with Crippen molar-refractivity contribution < 1.29 is 29.3 Å². The molecule has 164 valence electrons. The van der Waals surface area contributed by atoms with Crippen LogP contribution in [0.5, 0.6) is 5.75 Å². The molecule has 1 aliphatic carbocycles. The summed E-state index contributed by atoms with van der Waals surface area (Å²) in [5.74, 6) is 0.131. The number of benzene rings is 2. The van der Waals surface area contributed by atoms with Crippen LogP contribution >= 0.6 is 0 Å². The van der Waals surface area contributed by atoms with Crippen molar-refractivity contribution in [2.45, 2.75) is 31.6 Å². The Bertz CT molecular complexity index is 943. The lowest BCUT2D eigenvalue weighted by Crippen LogP contribution is -2.42. The third kappa shape index (κ3) is 4.89. The van der Waals surface area contributed by atoms with E-state index < -0.39 is 18.0 Å². The summed E-state index contributed by atoms with van der Waals surface area (Å²) >= 11 is 0. The number of methoxy groups -OCH3 is 1. The average Bonchev–Trinajstić information content (AvgIpc) is 3.14. The van der Waals surface area contributed by atoms with E-state index in [1.165, 1.54) is 7.11 Å². The normalized spacial score (nSPS) is 25.6. The van der Waals surface area contributed by atoms with Crippen molar-refractivity contribution in [2.75, 3.05) is 20.2 Å². The van der Waals surface area contributed by atoms with Crippen molar-refractivity contribution in [3.63, 3.8) is 0 Å². The van der Waals surface area contributed by atoms with E-state index in [0.717, 1.165) is 25.1 Å². The molecule has 2 fully saturated rings. The highest BCUT2D eigenvalue weighted by atomic mass is 16.5. The summed E-state index contributed by atoms with van der Waals surface area (Å²) in [7, 11) is 1.34. The summed E-state index contributed by atoms with van der Waals surface area (Å²) in [5, 5.41) is 19.8. The molecular formula is C24H27NO6. The van der Waals surface area contributed by atoms with Crippen LogP contribution in [-0.2, 0) is 11.3 Å². The van der Waals surface area contributed by atoms with Crippen molar-refractivity contribution in [2.24, 2.45) is 11.8 Å². The number of aliphatic hydroxyl groups excluding tert-OH is 1. The van der Waals surface area contributed by atoms with Gasteiger partial charge in [-0.2, -0.15) is 0 Å². The predicted octanol–water partition coefficient (Wildman–Crippen LogP) is 2.82. The van der Waals surface area contributed by atoms with E-state index >= 15 is 0 Å². The Balaban J connectivity index is 1.36. The molecule has 0 aromatic heterocycles. The molecule has 0 bridgehead atoms. The molecule has 4 rings (SSSR count). The first-order valence-electron chi connectivity index (χ1n) is 10.5. The van der Waals surface area contributed by atoms with Crippen LogP contribution in [0.3, 0.4) is 0 Å². The van der Waals surface area contributed by atoms with Gasteiger partial charge in [-0.25, -0.2) is 9.59 Å². The summed E-state index contributed by atoms with van der Waals surface area (Å²) in [6, 6.07) is 13.8. The first-order chi connectivity index (χ1) is 14.9. The lowest BCUT2D eigenvalue weighted by molar-refractivity contribution is -0.0231. The molecular weight excluding hydrogens is 398 g/mol. The number of ether oxygens (including phenoxy) is 2. The quantitative estimate of drug-likeness (QED) is 0.687. The second kappa shape index (κ2) is 9.08. The van der Waals surface area contributed by atoms with Gasteiger partial charge in [0.2, 0.25) is 0 Å². The number of hydrogen-bond donors (Lipinski definition) is 2. The highest BCUT2D eigenvalue weighted by Crippen LogP contribution is 2.38. The van der Waals surface area contributed by atoms with Crippen molar-refractivity contribution in [1.29, 1.82) is 0 Å². The van der Waals surface area contributed by atoms with Crippen molar-refractivity contribution in [1.82, 2.24) is 4.90 Å². The number of fused-ring (bicyclic) bond motifs is 1. The first kappa shape index (κ1) is 21.3. The number of rotatable bonds is 6. The number of hydrogen-bond acceptors (Lipinski definition) is 6. The molecule has 31 heavy (non-hydrogen) atoms. The molecule has 2 aliphatic rings. The molecule has 7 nitrogen and oxygen atoms in total. The third-order valence-corrected chi connectivity index (χ3v) is 6.30. The van der Waals surface area contributed by atoms with Gasteiger partial charge in [0, 0.05) is 19.6 Å². The molecule has 7 heteroatoms. The standard InChI is InChI=1S/C24H27NO6/c1-30-24(29)16-5-7-20(8-6-16)31-22-11-19-14-25(13-18(19)10-21(22)26)12-15-3-2-4-17(9-15)23(27)28/h2-9,18-19,21-22,26H,10-14H2,1H3,(H,27,28)/t18-,19+,21+,22+/m0/s1. The lowest BCUT2D eigenvalue weighted by atomic mass is 9.78. The second-order valence-electron chi connectivity index (χ2n) is 8.43. The number of aliphatic hydroxyl groups is 1. The SMILES string of the molecule is COC(=O)c1ccc(O[C@@H]2C[C@@H]3CN(Cc4cccc(C(=O)O)c4)C[C@@H]3C[C@H]2O)cc1. The Morgan fingerprint density at radius 3 is 2.42 bits per heavy atom. The van der Waals surface area contributed by atoms with Crippen LogP contribution in [0.15, 0.2) is 48.5 Å². The van der Waals surface area contributed by atoms with E-state index in [0.29, 0.717) is 41.7 Å². The minimum atomic E-state index is -0.917. The molecule has 4 atom stereocenters. The van der Waals surface area contributed by atoms with Gasteiger partial charge in [0.25, 0.3) is 0 Å². The van der Waals surface area contributed by atoms with E-state index in [2.05, 4.69) is 4.90 Å². The minimum Gasteiger partial charge on any atom is -0.488 e. The Hall–Kier alpha value is -2.90. The highest BCUT2D eigenvalue weighted by molar-refractivity contribution is 5.89. The van der Waals surface area contributed by atoms with Crippen LogP contribution in [0, 0.1) is 11.8 Å². The fourth-order valence-corrected chi connectivity index (χ4v) is 4.77. The summed E-state index contributed by atoms with van der Waals surface area (Å²) in [5.41, 5.74) is 1.74. The number of nitrogens with zero attached hydrogens (tertiary/aromatic N) is 1. The van der Waals surface area contributed by atoms with Crippen LogP contribution in [0.1, 0.15) is 39.1 Å². The molecule has 1 saturated carbocycles. The molecule has 1 heterocycles. The van der Waals surface area contributed by atoms with Gasteiger partial charge in [-0.15, -0.1) is 0 Å². The maximum atomic E-state index is 11.6. The van der Waals surface area contributed by atoms with Crippen molar-refractivity contribution in [3.8, 4) is 5.75 Å². The number of carbonyl (C=O) groups excluding carboxylic acids is 1. The zero-order chi connectivity index (χ0) is 22.0. The Labute approximate surface area is 181 Å². The molecule has 0 unspecified atom stereocenters. The molecule has 1 saturated heterocycles. The van der Waals surface area contributed by atoms with Crippen LogP contribution in [0.25, 0.3) is 0 Å². The molecule has 0 spiro atoms. The predicted molar refractivity (Wildman–Crippen MR) is 113 cm³/mol. The van der Waals surface area contributed by atoms with Gasteiger partial charge >= 0.3 is 11.9 Å². The van der Waals surface area contributed by atoms with Crippen molar-refractivity contribution >= 4 is 11.9 Å². The van der Waals surface area contributed by atoms with Crippen LogP contribution < -0.4 is 4.74 Å². The average molecular weight is 425 g/mol. The Morgan fingerprint density at radius 2 is 1.74 bits per heavy atom. The first-order valence-corrected chi connectivity index (χ1v) is 10.5. The number of likely N-dealkylation sites (tertiary alicyclic amines) is 1. The summed E-state index contributed by atoms with van der Waals surface area (Å²) in [6.07, 6.45) is 0.606. The van der Waals surface area contributed by atoms with Gasteiger partial charge in [-0.1, -0.05) is 12.1 Å². The molecule has 2 aromatic carbocycles. The fraction of sp³-hybridized carbons (Fsp3) is 0.417. The third-order valence-electron chi connectivity index (χ3n) is 6.30. The van der Waals surface area contributed by atoms with Gasteiger partial charge in [-0.3, -0.25) is 4.90 Å². The van der Waals surface area contributed by atoms with Crippen LogP contribution in [-0.4, -0.2) is 59.5 Å². The van der Waals surface area contributed by atoms with Gasteiger partial charge in [-0.05, 0) is 66.6 Å².